The molecule has 2 rings (SSSR count). The van der Waals surface area contributed by atoms with Crippen LogP contribution >= 0.6 is 0 Å². The Hall–Kier alpha value is -1.57. The second-order valence-electron chi connectivity index (χ2n) is 3.88. The number of hydrogen-bond donors (Lipinski definition) is 0. The van der Waals surface area contributed by atoms with Gasteiger partial charge >= 0.3 is 0 Å². The third-order valence-electron chi connectivity index (χ3n) is 2.86. The summed E-state index contributed by atoms with van der Waals surface area (Å²) in [4.78, 5) is 13.5. The van der Waals surface area contributed by atoms with Gasteiger partial charge in [-0.15, -0.1) is 0 Å². The number of carbonyl (C=O) groups is 1. The molecule has 0 unspecified atom stereocenters. The highest BCUT2D eigenvalue weighted by atomic mass is 16.2. The van der Waals surface area contributed by atoms with Gasteiger partial charge in [0.1, 0.15) is 0 Å². The molecule has 2 nitrogen and oxygen atoms in total. The molecule has 0 aliphatic carbocycles. The first kappa shape index (κ1) is 9.97. The van der Waals surface area contributed by atoms with E-state index in [9.17, 15) is 4.79 Å². The van der Waals surface area contributed by atoms with Crippen LogP contribution in [0.5, 0.6) is 0 Å². The van der Waals surface area contributed by atoms with Crippen molar-refractivity contribution in [2.45, 2.75) is 19.8 Å². The van der Waals surface area contributed by atoms with E-state index in [1.54, 1.807) is 0 Å². The number of amides is 1. The third-order valence-corrected chi connectivity index (χ3v) is 2.86. The van der Waals surface area contributed by atoms with Crippen molar-refractivity contribution in [3.63, 3.8) is 0 Å². The molecule has 78 valence electrons. The maximum Gasteiger partial charge on any atom is 0.250 e. The van der Waals surface area contributed by atoms with Crippen LogP contribution in [0, 0.1) is 6.92 Å². The Morgan fingerprint density at radius 3 is 3.07 bits per heavy atom. The zero-order chi connectivity index (χ0) is 10.8. The van der Waals surface area contributed by atoms with Gasteiger partial charge in [-0.2, -0.15) is 0 Å². The summed E-state index contributed by atoms with van der Waals surface area (Å²) in [6.45, 7) is 6.40. The van der Waals surface area contributed by atoms with Crippen molar-refractivity contribution in [1.82, 2.24) is 0 Å². The molecule has 0 spiro atoms. The van der Waals surface area contributed by atoms with Crippen LogP contribution in [0.15, 0.2) is 30.9 Å². The maximum atomic E-state index is 11.7. The Labute approximate surface area is 90.2 Å². The van der Waals surface area contributed by atoms with Crippen molar-refractivity contribution in [2.75, 3.05) is 11.4 Å². The van der Waals surface area contributed by atoms with E-state index in [1.165, 1.54) is 17.2 Å². The predicted octanol–water partition coefficient (Wildman–Crippen LogP) is 2.46. The molecule has 1 aromatic carbocycles. The molecule has 1 heterocycles. The number of benzene rings is 1. The molecule has 1 aromatic rings. The number of aryl methyl sites for hydroxylation is 2. The quantitative estimate of drug-likeness (QED) is 0.639. The molecule has 1 amide bonds. The minimum atomic E-state index is 0.00486. The fourth-order valence-electron chi connectivity index (χ4n) is 2.18. The van der Waals surface area contributed by atoms with E-state index in [0.717, 1.165) is 25.1 Å². The molecule has 0 bridgehead atoms. The summed E-state index contributed by atoms with van der Waals surface area (Å²) >= 11 is 0. The second-order valence-corrected chi connectivity index (χ2v) is 3.88. The Bertz CT molecular complexity index is 409. The highest BCUT2D eigenvalue weighted by Crippen LogP contribution is 2.30. The molecular weight excluding hydrogens is 186 g/mol. The molecule has 0 atom stereocenters. The Morgan fingerprint density at radius 1 is 1.53 bits per heavy atom. The Morgan fingerprint density at radius 2 is 2.33 bits per heavy atom. The largest absolute Gasteiger partial charge is 0.308 e. The van der Waals surface area contributed by atoms with E-state index in [0.29, 0.717) is 0 Å². The average Bonchev–Trinajstić information content (AvgIpc) is 2.28. The molecular formula is C13H15NO. The lowest BCUT2D eigenvalue weighted by Crippen LogP contribution is -2.34. The summed E-state index contributed by atoms with van der Waals surface area (Å²) in [5.74, 6) is 0.00486. The van der Waals surface area contributed by atoms with Gasteiger partial charge in [0, 0.05) is 6.54 Å². The van der Waals surface area contributed by atoms with E-state index in [1.807, 2.05) is 17.9 Å². The molecule has 2 heteroatoms. The van der Waals surface area contributed by atoms with Crippen LogP contribution in [0.4, 0.5) is 5.69 Å². The van der Waals surface area contributed by atoms with Gasteiger partial charge in [-0.1, -0.05) is 24.8 Å². The normalized spacial score (nSPS) is 14.6. The number of anilines is 1. The SMILES string of the molecule is C=CC(=O)N1CCCc2cccc(C)c21. The fraction of sp³-hybridized carbons (Fsp3) is 0.308. The lowest BCUT2D eigenvalue weighted by molar-refractivity contribution is -0.114. The number of fused-ring (bicyclic) bond motifs is 1. The molecule has 0 fully saturated rings. The summed E-state index contributed by atoms with van der Waals surface area (Å²) in [6, 6.07) is 6.20. The lowest BCUT2D eigenvalue weighted by Gasteiger charge is -2.30. The van der Waals surface area contributed by atoms with Crippen molar-refractivity contribution in [2.24, 2.45) is 0 Å². The molecule has 0 aromatic heterocycles. The van der Waals surface area contributed by atoms with Gasteiger partial charge in [-0.05, 0) is 37.0 Å². The summed E-state index contributed by atoms with van der Waals surface area (Å²) < 4.78 is 0. The van der Waals surface area contributed by atoms with Crippen LogP contribution in [0.2, 0.25) is 0 Å². The smallest absolute Gasteiger partial charge is 0.250 e. The van der Waals surface area contributed by atoms with Crippen LogP contribution < -0.4 is 4.90 Å². The first-order chi connectivity index (χ1) is 7.24. The number of rotatable bonds is 1. The monoisotopic (exact) mass is 201 g/mol. The van der Waals surface area contributed by atoms with E-state index < -0.39 is 0 Å². The molecule has 0 saturated heterocycles. The van der Waals surface area contributed by atoms with Gasteiger partial charge in [0.15, 0.2) is 0 Å². The van der Waals surface area contributed by atoms with E-state index >= 15 is 0 Å². The van der Waals surface area contributed by atoms with E-state index in [2.05, 4.69) is 18.7 Å². The average molecular weight is 201 g/mol. The summed E-state index contributed by atoms with van der Waals surface area (Å²) in [5.41, 5.74) is 3.53. The minimum absolute atomic E-state index is 0.00486. The van der Waals surface area contributed by atoms with Crippen LogP contribution in [0.25, 0.3) is 0 Å². The Kier molecular flexibility index (Phi) is 2.58. The summed E-state index contributed by atoms with van der Waals surface area (Å²) in [7, 11) is 0. The Balaban J connectivity index is 2.49. The standard InChI is InChI=1S/C13H15NO/c1-3-12(15)14-9-5-8-11-7-4-6-10(2)13(11)14/h3-4,6-7H,1,5,8-9H2,2H3. The van der Waals surface area contributed by atoms with Crippen LogP contribution in [0.1, 0.15) is 17.5 Å². The summed E-state index contributed by atoms with van der Waals surface area (Å²) in [6.07, 6.45) is 3.50. The van der Waals surface area contributed by atoms with Crippen molar-refractivity contribution in [3.05, 3.63) is 42.0 Å². The molecule has 0 radical (unpaired) electrons. The zero-order valence-corrected chi connectivity index (χ0v) is 8.99. The molecule has 0 N–H and O–H groups in total. The van der Waals surface area contributed by atoms with E-state index in [4.69, 9.17) is 0 Å². The van der Waals surface area contributed by atoms with Gasteiger partial charge in [-0.25, -0.2) is 0 Å². The minimum Gasteiger partial charge on any atom is -0.308 e. The highest BCUT2D eigenvalue weighted by Gasteiger charge is 2.21. The van der Waals surface area contributed by atoms with Crippen molar-refractivity contribution in [3.8, 4) is 0 Å². The number of carbonyl (C=O) groups excluding carboxylic acids is 1. The van der Waals surface area contributed by atoms with Gasteiger partial charge in [0.05, 0.1) is 5.69 Å². The highest BCUT2D eigenvalue weighted by molar-refractivity contribution is 6.02. The number of hydrogen-bond acceptors (Lipinski definition) is 1. The second kappa shape index (κ2) is 3.89. The number of nitrogens with zero attached hydrogens (tertiary/aromatic N) is 1. The first-order valence-electron chi connectivity index (χ1n) is 5.26. The lowest BCUT2D eigenvalue weighted by atomic mass is 9.98. The van der Waals surface area contributed by atoms with Crippen LogP contribution in [-0.2, 0) is 11.2 Å². The van der Waals surface area contributed by atoms with Gasteiger partial charge in [0.2, 0.25) is 5.91 Å². The molecule has 0 saturated carbocycles. The van der Waals surface area contributed by atoms with Gasteiger partial charge in [-0.3, -0.25) is 4.79 Å². The number of para-hydroxylation sites is 1. The van der Waals surface area contributed by atoms with E-state index in [-0.39, 0.29) is 5.91 Å². The fourth-order valence-corrected chi connectivity index (χ4v) is 2.18. The topological polar surface area (TPSA) is 20.3 Å². The molecule has 1 aliphatic rings. The van der Waals surface area contributed by atoms with Gasteiger partial charge < -0.3 is 4.90 Å². The zero-order valence-electron chi connectivity index (χ0n) is 8.99. The molecule has 15 heavy (non-hydrogen) atoms. The van der Waals surface area contributed by atoms with Crippen molar-refractivity contribution in [1.29, 1.82) is 0 Å². The van der Waals surface area contributed by atoms with Crippen molar-refractivity contribution >= 4 is 11.6 Å². The van der Waals surface area contributed by atoms with Crippen LogP contribution in [-0.4, -0.2) is 12.5 Å². The molecule has 1 aliphatic heterocycles. The summed E-state index contributed by atoms with van der Waals surface area (Å²) in [5, 5.41) is 0. The first-order valence-corrected chi connectivity index (χ1v) is 5.26. The predicted molar refractivity (Wildman–Crippen MR) is 62.1 cm³/mol. The maximum absolute atomic E-state index is 11.7. The van der Waals surface area contributed by atoms with Crippen LogP contribution in [0.3, 0.4) is 0 Å². The third kappa shape index (κ3) is 1.67. The van der Waals surface area contributed by atoms with Crippen molar-refractivity contribution < 1.29 is 4.79 Å². The van der Waals surface area contributed by atoms with Gasteiger partial charge in [0.25, 0.3) is 0 Å².